The molecule has 0 aromatic heterocycles. The quantitative estimate of drug-likeness (QED) is 0.363. The molecule has 0 heterocycles. The zero-order valence-corrected chi connectivity index (χ0v) is 17.5. The van der Waals surface area contributed by atoms with Crippen LogP contribution < -0.4 is 0 Å². The zero-order valence-electron chi connectivity index (χ0n) is 16.5. The molecule has 9 unspecified atom stereocenters. The van der Waals surface area contributed by atoms with E-state index in [-0.39, 0.29) is 0 Å². The van der Waals surface area contributed by atoms with E-state index in [1.807, 2.05) is 0 Å². The molecule has 6 rings (SSSR count). The molecule has 6 aliphatic carbocycles. The van der Waals surface area contributed by atoms with E-state index < -0.39 is 8.07 Å². The number of hydrogen-bond acceptors (Lipinski definition) is 0. The van der Waals surface area contributed by atoms with Crippen molar-refractivity contribution in [3.8, 4) is 0 Å². The fourth-order valence-electron chi connectivity index (χ4n) is 8.54. The number of rotatable bonds is 6. The summed E-state index contributed by atoms with van der Waals surface area (Å²) in [5.41, 5.74) is 0. The first-order valence-electron chi connectivity index (χ1n) is 11.7. The van der Waals surface area contributed by atoms with E-state index >= 15 is 0 Å². The van der Waals surface area contributed by atoms with Gasteiger partial charge in [0.25, 0.3) is 0 Å². The molecule has 0 N–H and O–H groups in total. The summed E-state index contributed by atoms with van der Waals surface area (Å²) in [5, 5.41) is 0. The second kappa shape index (κ2) is 5.97. The highest BCUT2D eigenvalue weighted by Crippen LogP contribution is 2.54. The molecule has 0 nitrogen and oxygen atoms in total. The van der Waals surface area contributed by atoms with Gasteiger partial charge in [-0.3, -0.25) is 0 Å². The lowest BCUT2D eigenvalue weighted by Crippen LogP contribution is -2.39. The first kappa shape index (κ1) is 16.4. The molecule has 0 spiro atoms. The highest BCUT2D eigenvalue weighted by molar-refractivity contribution is 6.78. The fraction of sp³-hybridized carbons (Fsp3) is 0.760. The van der Waals surface area contributed by atoms with Gasteiger partial charge in [0.2, 0.25) is 0 Å². The average molecular weight is 365 g/mol. The van der Waals surface area contributed by atoms with Crippen LogP contribution in [0.15, 0.2) is 36.5 Å². The van der Waals surface area contributed by atoms with Crippen LogP contribution in [0.2, 0.25) is 24.7 Å². The van der Waals surface area contributed by atoms with Gasteiger partial charge in [-0.15, -0.1) is 0 Å². The molecule has 26 heavy (non-hydrogen) atoms. The van der Waals surface area contributed by atoms with Crippen molar-refractivity contribution in [3.63, 3.8) is 0 Å². The van der Waals surface area contributed by atoms with Crippen LogP contribution in [-0.2, 0) is 0 Å². The SMILES string of the molecule is C[Si](CC1CC2C=CC1C2)(CC1CC2C=CC1C2)CC1CC2C=CC1C2. The Morgan fingerprint density at radius 3 is 1.12 bits per heavy atom. The van der Waals surface area contributed by atoms with Crippen molar-refractivity contribution in [2.75, 3.05) is 0 Å². The Kier molecular flexibility index (Phi) is 3.76. The lowest BCUT2D eigenvalue weighted by Gasteiger charge is -2.39. The predicted octanol–water partition coefficient (Wildman–Crippen LogP) is 6.70. The van der Waals surface area contributed by atoms with Crippen LogP contribution in [0.5, 0.6) is 0 Å². The van der Waals surface area contributed by atoms with Crippen LogP contribution in [0.4, 0.5) is 0 Å². The van der Waals surface area contributed by atoms with Gasteiger partial charge in [-0.25, -0.2) is 0 Å². The second-order valence-corrected chi connectivity index (χ2v) is 16.4. The molecule has 1 heteroatoms. The van der Waals surface area contributed by atoms with Crippen molar-refractivity contribution in [1.82, 2.24) is 0 Å². The summed E-state index contributed by atoms with van der Waals surface area (Å²) < 4.78 is 0. The van der Waals surface area contributed by atoms with Crippen molar-refractivity contribution in [1.29, 1.82) is 0 Å². The van der Waals surface area contributed by atoms with E-state index in [1.165, 1.54) is 38.5 Å². The lowest BCUT2D eigenvalue weighted by atomic mass is 9.95. The minimum atomic E-state index is -1.16. The predicted molar refractivity (Wildman–Crippen MR) is 113 cm³/mol. The first-order valence-corrected chi connectivity index (χ1v) is 14.8. The van der Waals surface area contributed by atoms with E-state index in [9.17, 15) is 0 Å². The van der Waals surface area contributed by atoms with Crippen molar-refractivity contribution in [2.24, 2.45) is 53.3 Å². The van der Waals surface area contributed by atoms with Gasteiger partial charge in [0.05, 0.1) is 8.07 Å². The second-order valence-electron chi connectivity index (χ2n) is 11.5. The Balaban J connectivity index is 1.20. The molecule has 0 aromatic rings. The highest BCUT2D eigenvalue weighted by atomic mass is 28.3. The number of hydrogen-bond donors (Lipinski definition) is 0. The minimum Gasteiger partial charge on any atom is -0.0851 e. The smallest absolute Gasteiger partial charge is 0.0513 e. The number of allylic oxidation sites excluding steroid dienone is 6. The Labute approximate surface area is 161 Å². The van der Waals surface area contributed by atoms with Gasteiger partial charge in [-0.05, 0) is 91.8 Å². The molecule has 0 radical (unpaired) electrons. The molecule has 3 saturated carbocycles. The Hall–Kier alpha value is -0.563. The topological polar surface area (TPSA) is 0 Å². The van der Waals surface area contributed by atoms with Crippen molar-refractivity contribution >= 4 is 8.07 Å². The molecular weight excluding hydrogens is 328 g/mol. The van der Waals surface area contributed by atoms with Crippen LogP contribution in [-0.4, -0.2) is 8.07 Å². The standard InChI is InChI=1S/C25H36Si/c1-26(14-23-11-17-2-5-20(23)8-17,15-24-12-18-3-6-21(24)9-18)16-25-13-19-4-7-22(25)10-19/h2-7,17-25H,8-16H2,1H3. The average Bonchev–Trinajstić information content (AvgIpc) is 3.41. The third-order valence-corrected chi connectivity index (χ3v) is 14.0. The van der Waals surface area contributed by atoms with Gasteiger partial charge in [-0.1, -0.05) is 61.1 Å². The van der Waals surface area contributed by atoms with Crippen LogP contribution in [0.3, 0.4) is 0 Å². The normalized spacial score (nSPS) is 51.8. The maximum atomic E-state index is 2.86. The largest absolute Gasteiger partial charge is 0.0851 e. The molecule has 0 aromatic carbocycles. The molecule has 0 aliphatic heterocycles. The molecule has 140 valence electrons. The van der Waals surface area contributed by atoms with Gasteiger partial charge < -0.3 is 0 Å². The summed E-state index contributed by atoms with van der Waals surface area (Å²) in [6.07, 6.45) is 24.6. The Bertz CT molecular complexity index is 569. The highest BCUT2D eigenvalue weighted by Gasteiger charge is 2.47. The van der Waals surface area contributed by atoms with Gasteiger partial charge in [0.1, 0.15) is 0 Å². The summed E-state index contributed by atoms with van der Waals surface area (Å²) in [4.78, 5) is 0. The van der Waals surface area contributed by atoms with E-state index in [1.54, 1.807) is 18.1 Å². The zero-order chi connectivity index (χ0) is 17.3. The Morgan fingerprint density at radius 1 is 0.538 bits per heavy atom. The summed E-state index contributed by atoms with van der Waals surface area (Å²) in [5.74, 6) is 8.95. The summed E-state index contributed by atoms with van der Waals surface area (Å²) in [6, 6.07) is 4.98. The molecule has 0 amide bonds. The molecule has 3 fully saturated rings. The molecule has 0 saturated heterocycles. The number of fused-ring (bicyclic) bond motifs is 6. The van der Waals surface area contributed by atoms with Crippen LogP contribution in [0.1, 0.15) is 38.5 Å². The first-order chi connectivity index (χ1) is 12.6. The molecule has 9 atom stereocenters. The van der Waals surface area contributed by atoms with E-state index in [2.05, 4.69) is 43.0 Å². The van der Waals surface area contributed by atoms with Gasteiger partial charge in [0.15, 0.2) is 0 Å². The van der Waals surface area contributed by atoms with Crippen LogP contribution >= 0.6 is 0 Å². The van der Waals surface area contributed by atoms with E-state index in [0.29, 0.717) is 0 Å². The summed E-state index contributed by atoms with van der Waals surface area (Å²) in [6.45, 7) is 2.86. The van der Waals surface area contributed by atoms with Crippen molar-refractivity contribution in [3.05, 3.63) is 36.5 Å². The van der Waals surface area contributed by atoms with Crippen LogP contribution in [0.25, 0.3) is 0 Å². The lowest BCUT2D eigenvalue weighted by molar-refractivity contribution is 0.443. The molecular formula is C25H36Si. The monoisotopic (exact) mass is 364 g/mol. The van der Waals surface area contributed by atoms with Crippen molar-refractivity contribution in [2.45, 2.75) is 63.2 Å². The summed E-state index contributed by atoms with van der Waals surface area (Å²) in [7, 11) is -1.16. The van der Waals surface area contributed by atoms with Gasteiger partial charge in [0, 0.05) is 0 Å². The fourth-order valence-corrected chi connectivity index (χ4v) is 14.2. The maximum Gasteiger partial charge on any atom is 0.0513 e. The third-order valence-electron chi connectivity index (χ3n) is 9.51. The van der Waals surface area contributed by atoms with Gasteiger partial charge in [-0.2, -0.15) is 0 Å². The van der Waals surface area contributed by atoms with Crippen molar-refractivity contribution < 1.29 is 0 Å². The third kappa shape index (κ3) is 2.76. The van der Waals surface area contributed by atoms with E-state index in [0.717, 1.165) is 53.3 Å². The summed E-state index contributed by atoms with van der Waals surface area (Å²) >= 11 is 0. The Morgan fingerprint density at radius 2 is 0.885 bits per heavy atom. The van der Waals surface area contributed by atoms with Crippen LogP contribution in [0, 0.1) is 53.3 Å². The van der Waals surface area contributed by atoms with Gasteiger partial charge >= 0.3 is 0 Å². The van der Waals surface area contributed by atoms with E-state index in [4.69, 9.17) is 0 Å². The minimum absolute atomic E-state index is 0.958. The molecule has 6 bridgehead atoms. The molecule has 6 aliphatic rings. The maximum absolute atomic E-state index is 2.86.